The van der Waals surface area contributed by atoms with Crippen molar-refractivity contribution in [2.24, 2.45) is 0 Å². The Labute approximate surface area is 275 Å². The summed E-state index contributed by atoms with van der Waals surface area (Å²) in [5, 5.41) is 25.1. The van der Waals surface area contributed by atoms with Gasteiger partial charge in [-0.2, -0.15) is 5.26 Å². The van der Waals surface area contributed by atoms with Gasteiger partial charge in [-0.05, 0) is 72.7 Å². The van der Waals surface area contributed by atoms with Crippen LogP contribution in [0.2, 0.25) is 10.0 Å². The number of aliphatic hydroxyl groups is 1. The van der Waals surface area contributed by atoms with Gasteiger partial charge in [0.1, 0.15) is 22.7 Å². The lowest BCUT2D eigenvalue weighted by Gasteiger charge is -2.16. The number of nitriles is 1. The monoisotopic (exact) mass is 646 g/mol. The third kappa shape index (κ3) is 5.06. The first kappa shape index (κ1) is 28.9. The summed E-state index contributed by atoms with van der Waals surface area (Å²) in [6.07, 6.45) is 7.01. The number of aryl methyl sites for hydroxylation is 1. The van der Waals surface area contributed by atoms with Crippen molar-refractivity contribution in [2.75, 3.05) is 18.4 Å². The summed E-state index contributed by atoms with van der Waals surface area (Å²) in [5.41, 5.74) is 8.50. The van der Waals surface area contributed by atoms with E-state index < -0.39 is 0 Å². The summed E-state index contributed by atoms with van der Waals surface area (Å²) < 4.78 is 6.20. The van der Waals surface area contributed by atoms with Gasteiger partial charge in [0.2, 0.25) is 5.89 Å². The lowest BCUT2D eigenvalue weighted by molar-refractivity contribution is 0.175. The van der Waals surface area contributed by atoms with Crippen LogP contribution in [0.25, 0.3) is 44.6 Å². The van der Waals surface area contributed by atoms with Gasteiger partial charge in [-0.3, -0.25) is 9.88 Å². The molecule has 0 saturated carbocycles. The quantitative estimate of drug-likeness (QED) is 0.187. The first-order valence-electron chi connectivity index (χ1n) is 15.3. The van der Waals surface area contributed by atoms with Crippen LogP contribution in [-0.4, -0.2) is 44.2 Å². The number of halogens is 2. The number of pyridine rings is 2. The number of fused-ring (bicyclic) bond motifs is 3. The summed E-state index contributed by atoms with van der Waals surface area (Å²) in [6.45, 7) is 2.30. The molecule has 1 fully saturated rings. The van der Waals surface area contributed by atoms with E-state index in [4.69, 9.17) is 37.6 Å². The Morgan fingerprint density at radius 2 is 1.85 bits per heavy atom. The van der Waals surface area contributed by atoms with Crippen molar-refractivity contribution in [3.05, 3.63) is 99.3 Å². The van der Waals surface area contributed by atoms with Crippen LogP contribution < -0.4 is 5.32 Å². The van der Waals surface area contributed by atoms with Crippen molar-refractivity contribution in [1.29, 1.82) is 5.26 Å². The highest BCUT2D eigenvalue weighted by atomic mass is 35.5. The van der Waals surface area contributed by atoms with E-state index in [1.807, 2.05) is 54.7 Å². The van der Waals surface area contributed by atoms with Gasteiger partial charge in [0, 0.05) is 48.5 Å². The first-order chi connectivity index (χ1) is 22.5. The van der Waals surface area contributed by atoms with Crippen LogP contribution in [-0.2, 0) is 19.4 Å². The number of β-amino-alcohol motifs (C(OH)–C–C–N with tert-alkyl or cyclic N) is 1. The molecule has 3 aromatic heterocycles. The van der Waals surface area contributed by atoms with Gasteiger partial charge in [-0.25, -0.2) is 9.97 Å². The van der Waals surface area contributed by atoms with Gasteiger partial charge in [-0.15, -0.1) is 0 Å². The Balaban J connectivity index is 1.11. The van der Waals surface area contributed by atoms with Crippen LogP contribution in [0.1, 0.15) is 35.1 Å². The Morgan fingerprint density at radius 1 is 1.02 bits per heavy atom. The summed E-state index contributed by atoms with van der Waals surface area (Å²) in [4.78, 5) is 16.3. The van der Waals surface area contributed by atoms with E-state index in [1.165, 1.54) is 5.56 Å². The Hall–Kier alpha value is -4.52. The molecule has 10 heteroatoms. The molecule has 4 heterocycles. The number of rotatable bonds is 6. The number of likely N-dealkylation sites (tertiary alicyclic amines) is 1. The lowest BCUT2D eigenvalue weighted by atomic mass is 10.0. The minimum Gasteiger partial charge on any atom is -0.435 e. The molecule has 1 saturated heterocycles. The minimum absolute atomic E-state index is 0.258. The van der Waals surface area contributed by atoms with Crippen LogP contribution in [0.15, 0.2) is 71.4 Å². The summed E-state index contributed by atoms with van der Waals surface area (Å²) in [6, 6.07) is 19.8. The maximum atomic E-state index is 9.92. The molecule has 1 aliphatic heterocycles. The lowest BCUT2D eigenvalue weighted by Crippen LogP contribution is -2.21. The second-order valence-electron chi connectivity index (χ2n) is 11.9. The molecule has 8 nitrogen and oxygen atoms in total. The van der Waals surface area contributed by atoms with Gasteiger partial charge in [0.15, 0.2) is 11.4 Å². The smallest absolute Gasteiger partial charge is 0.228 e. The van der Waals surface area contributed by atoms with Gasteiger partial charge in [-0.1, -0.05) is 47.5 Å². The van der Waals surface area contributed by atoms with E-state index in [0.717, 1.165) is 71.9 Å². The topological polar surface area (TPSA) is 111 Å². The van der Waals surface area contributed by atoms with Crippen molar-refractivity contribution in [1.82, 2.24) is 19.9 Å². The van der Waals surface area contributed by atoms with E-state index in [1.54, 1.807) is 6.20 Å². The van der Waals surface area contributed by atoms with Crippen molar-refractivity contribution in [3.63, 3.8) is 0 Å². The average Bonchev–Trinajstić information content (AvgIpc) is 3.81. The predicted molar refractivity (Wildman–Crippen MR) is 180 cm³/mol. The fraction of sp³-hybridized carbons (Fsp3) is 0.222. The fourth-order valence-electron chi connectivity index (χ4n) is 6.72. The molecule has 228 valence electrons. The van der Waals surface area contributed by atoms with Crippen LogP contribution in [0.5, 0.6) is 0 Å². The molecule has 8 rings (SSSR count). The Kier molecular flexibility index (Phi) is 7.35. The SMILES string of the molecule is N#Cc1c2c(cc3nc(-c4cccc(-c5cccc(Nc6nccc7cc(CN8CC[C@@H](O)C8)cnc67)c5Cl)c4Cl)oc13)CCC2. The Morgan fingerprint density at radius 3 is 2.67 bits per heavy atom. The highest BCUT2D eigenvalue weighted by Crippen LogP contribution is 2.43. The van der Waals surface area contributed by atoms with Crippen LogP contribution in [0, 0.1) is 11.3 Å². The summed E-state index contributed by atoms with van der Waals surface area (Å²) >= 11 is 14.1. The highest BCUT2D eigenvalue weighted by Gasteiger charge is 2.24. The number of nitrogens with one attached hydrogen (secondary N) is 1. The highest BCUT2D eigenvalue weighted by molar-refractivity contribution is 6.39. The maximum absolute atomic E-state index is 9.92. The zero-order valence-corrected chi connectivity index (χ0v) is 26.2. The largest absolute Gasteiger partial charge is 0.435 e. The zero-order valence-electron chi connectivity index (χ0n) is 24.7. The molecule has 0 amide bonds. The van der Waals surface area contributed by atoms with E-state index in [0.29, 0.717) is 56.2 Å². The minimum atomic E-state index is -0.258. The van der Waals surface area contributed by atoms with Crippen molar-refractivity contribution in [3.8, 4) is 28.7 Å². The molecule has 6 aromatic rings. The second kappa shape index (κ2) is 11.7. The van der Waals surface area contributed by atoms with Crippen LogP contribution >= 0.6 is 23.2 Å². The third-order valence-electron chi connectivity index (χ3n) is 8.95. The number of aromatic nitrogens is 3. The molecule has 2 aliphatic rings. The number of anilines is 2. The number of hydrogen-bond donors (Lipinski definition) is 2. The number of benzene rings is 3. The van der Waals surface area contributed by atoms with E-state index in [-0.39, 0.29) is 6.10 Å². The van der Waals surface area contributed by atoms with Gasteiger partial charge in [0.25, 0.3) is 0 Å². The second-order valence-corrected chi connectivity index (χ2v) is 12.7. The summed E-state index contributed by atoms with van der Waals surface area (Å²) in [5.74, 6) is 0.949. The fourth-order valence-corrected chi connectivity index (χ4v) is 7.31. The molecule has 1 aliphatic carbocycles. The Bertz CT molecular complexity index is 2210. The van der Waals surface area contributed by atoms with E-state index in [2.05, 4.69) is 27.3 Å². The van der Waals surface area contributed by atoms with E-state index >= 15 is 0 Å². The van der Waals surface area contributed by atoms with Crippen molar-refractivity contribution < 1.29 is 9.52 Å². The zero-order chi connectivity index (χ0) is 31.4. The molecule has 1 atom stereocenters. The molecule has 0 bridgehead atoms. The predicted octanol–water partition coefficient (Wildman–Crippen LogP) is 8.08. The number of nitrogens with zero attached hydrogens (tertiary/aromatic N) is 5. The van der Waals surface area contributed by atoms with Crippen molar-refractivity contribution in [2.45, 2.75) is 38.3 Å². The molecule has 0 unspecified atom stereocenters. The molecular weight excluding hydrogens is 619 g/mol. The maximum Gasteiger partial charge on any atom is 0.228 e. The van der Waals surface area contributed by atoms with Gasteiger partial charge in [0.05, 0.1) is 27.4 Å². The molecule has 0 radical (unpaired) electrons. The van der Waals surface area contributed by atoms with Gasteiger partial charge >= 0.3 is 0 Å². The molecule has 46 heavy (non-hydrogen) atoms. The molecule has 2 N–H and O–H groups in total. The first-order valence-corrected chi connectivity index (χ1v) is 16.1. The van der Waals surface area contributed by atoms with Crippen LogP contribution in [0.4, 0.5) is 11.5 Å². The average molecular weight is 648 g/mol. The number of hydrogen-bond acceptors (Lipinski definition) is 8. The third-order valence-corrected chi connectivity index (χ3v) is 9.76. The number of oxazole rings is 1. The molecular formula is C36H28Cl2N6O2. The number of aliphatic hydroxyl groups excluding tert-OH is 1. The van der Waals surface area contributed by atoms with E-state index in [9.17, 15) is 10.4 Å². The molecule has 3 aromatic carbocycles. The van der Waals surface area contributed by atoms with Crippen molar-refractivity contribution >= 4 is 56.7 Å². The standard InChI is InChI=1S/C36H28Cl2N6O2/c37-31-25(6-2-8-27(31)36-43-30-15-21-4-1-5-24(21)28(16-39)34(30)46-36)26-7-3-9-29(32(26)38)42-35-33-22(10-12-40-35)14-20(17-41-33)18-44-13-11-23(45)19-44/h2-3,6-10,12,14-15,17,23,45H,1,4-5,11,13,18-19H2,(H,40,42)/t23-/m1/s1. The molecule has 0 spiro atoms. The normalized spacial score (nSPS) is 16.3. The van der Waals surface area contributed by atoms with Gasteiger partial charge < -0.3 is 14.8 Å². The summed E-state index contributed by atoms with van der Waals surface area (Å²) in [7, 11) is 0. The van der Waals surface area contributed by atoms with Crippen LogP contribution in [0.3, 0.4) is 0 Å².